The van der Waals surface area contributed by atoms with Crippen molar-refractivity contribution in [1.29, 1.82) is 0 Å². The van der Waals surface area contributed by atoms with Gasteiger partial charge in [0.05, 0.1) is 12.0 Å². The fourth-order valence-electron chi connectivity index (χ4n) is 5.05. The summed E-state index contributed by atoms with van der Waals surface area (Å²) >= 11 is 0. The number of benzene rings is 2. The van der Waals surface area contributed by atoms with Crippen LogP contribution in [-0.2, 0) is 9.59 Å². The average molecular weight is 379 g/mol. The van der Waals surface area contributed by atoms with Gasteiger partial charge in [0, 0.05) is 11.5 Å². The minimum absolute atomic E-state index is 0.0943. The molecule has 0 spiro atoms. The molecule has 4 rings (SSSR count). The standard InChI is InChI=1S/C23H25NO4/c25-21-19(11-4-2-7-15-12-13-18(20(15)21)23(27)28)24-22(26)17-10-5-8-14-6-1-3-9-16(14)17/h1,3,5-6,8-10,15,18-20H,2,4,7,11-13H2,(H,24,26)(H,27,28). The van der Waals surface area contributed by atoms with Crippen LogP contribution in [0.25, 0.3) is 10.8 Å². The normalized spacial score (nSPS) is 27.6. The molecule has 2 aromatic carbocycles. The van der Waals surface area contributed by atoms with Crippen LogP contribution in [0.15, 0.2) is 42.5 Å². The molecule has 28 heavy (non-hydrogen) atoms. The van der Waals surface area contributed by atoms with Crippen LogP contribution in [0.3, 0.4) is 0 Å². The van der Waals surface area contributed by atoms with Crippen LogP contribution >= 0.6 is 0 Å². The highest BCUT2D eigenvalue weighted by molar-refractivity contribution is 6.08. The topological polar surface area (TPSA) is 83.5 Å². The van der Waals surface area contributed by atoms with Gasteiger partial charge in [-0.25, -0.2) is 0 Å². The van der Waals surface area contributed by atoms with Crippen LogP contribution in [0.1, 0.15) is 48.9 Å². The molecule has 4 atom stereocenters. The third-order valence-electron chi connectivity index (χ3n) is 6.44. The van der Waals surface area contributed by atoms with Gasteiger partial charge < -0.3 is 10.4 Å². The molecule has 2 aliphatic carbocycles. The molecule has 4 unspecified atom stereocenters. The second kappa shape index (κ2) is 7.74. The molecule has 2 fully saturated rings. The molecule has 2 aliphatic rings. The number of fused-ring (bicyclic) bond motifs is 2. The number of carboxylic acids is 1. The number of carbonyl (C=O) groups excluding carboxylic acids is 2. The number of carbonyl (C=O) groups is 3. The molecule has 2 saturated carbocycles. The zero-order valence-electron chi connectivity index (χ0n) is 15.8. The largest absolute Gasteiger partial charge is 0.481 e. The minimum Gasteiger partial charge on any atom is -0.481 e. The molecular weight excluding hydrogens is 354 g/mol. The molecule has 5 nitrogen and oxygen atoms in total. The van der Waals surface area contributed by atoms with Crippen LogP contribution in [0, 0.1) is 17.8 Å². The summed E-state index contributed by atoms with van der Waals surface area (Å²) in [6.45, 7) is 0. The van der Waals surface area contributed by atoms with E-state index in [-0.39, 0.29) is 17.6 Å². The number of hydrogen-bond acceptors (Lipinski definition) is 3. The Kier molecular flexibility index (Phi) is 5.16. The highest BCUT2D eigenvalue weighted by atomic mass is 16.4. The lowest BCUT2D eigenvalue weighted by molar-refractivity contribution is -0.146. The van der Waals surface area contributed by atoms with E-state index in [0.29, 0.717) is 18.4 Å². The van der Waals surface area contributed by atoms with Crippen molar-refractivity contribution in [2.45, 2.75) is 44.6 Å². The molecule has 5 heteroatoms. The monoisotopic (exact) mass is 379 g/mol. The van der Waals surface area contributed by atoms with Gasteiger partial charge in [-0.1, -0.05) is 49.2 Å². The van der Waals surface area contributed by atoms with Crippen molar-refractivity contribution >= 4 is 28.4 Å². The van der Waals surface area contributed by atoms with Gasteiger partial charge in [-0.05, 0) is 48.4 Å². The van der Waals surface area contributed by atoms with Crippen molar-refractivity contribution in [2.24, 2.45) is 17.8 Å². The molecule has 2 N–H and O–H groups in total. The van der Waals surface area contributed by atoms with Crippen LogP contribution in [0.2, 0.25) is 0 Å². The fraction of sp³-hybridized carbons (Fsp3) is 0.435. The molecule has 0 bridgehead atoms. The molecule has 2 aromatic rings. The molecule has 1 amide bonds. The number of amides is 1. The minimum atomic E-state index is -0.888. The molecule has 0 radical (unpaired) electrons. The third-order valence-corrected chi connectivity index (χ3v) is 6.44. The van der Waals surface area contributed by atoms with E-state index in [1.54, 1.807) is 6.07 Å². The van der Waals surface area contributed by atoms with E-state index in [1.165, 1.54) is 0 Å². The Balaban J connectivity index is 1.59. The van der Waals surface area contributed by atoms with Crippen molar-refractivity contribution < 1.29 is 19.5 Å². The third kappa shape index (κ3) is 3.41. The van der Waals surface area contributed by atoms with Gasteiger partial charge >= 0.3 is 5.97 Å². The second-order valence-electron chi connectivity index (χ2n) is 8.05. The number of ketones is 1. The molecule has 0 aromatic heterocycles. The summed E-state index contributed by atoms with van der Waals surface area (Å²) in [5, 5.41) is 14.3. The number of nitrogens with one attached hydrogen (secondary N) is 1. The summed E-state index contributed by atoms with van der Waals surface area (Å²) in [6.07, 6.45) is 4.67. The van der Waals surface area contributed by atoms with Gasteiger partial charge in [0.15, 0.2) is 5.78 Å². The van der Waals surface area contributed by atoms with Crippen LogP contribution < -0.4 is 5.32 Å². The second-order valence-corrected chi connectivity index (χ2v) is 8.05. The summed E-state index contributed by atoms with van der Waals surface area (Å²) in [5.74, 6) is -2.21. The molecular formula is C23H25NO4. The molecule has 146 valence electrons. The van der Waals surface area contributed by atoms with Crippen LogP contribution in [0.5, 0.6) is 0 Å². The number of aliphatic carboxylic acids is 1. The summed E-state index contributed by atoms with van der Waals surface area (Å²) < 4.78 is 0. The van der Waals surface area contributed by atoms with E-state index in [9.17, 15) is 19.5 Å². The quantitative estimate of drug-likeness (QED) is 0.849. The van der Waals surface area contributed by atoms with Crippen LogP contribution in [0.4, 0.5) is 0 Å². The van der Waals surface area contributed by atoms with Crippen molar-refractivity contribution in [2.75, 3.05) is 0 Å². The Hall–Kier alpha value is -2.69. The lowest BCUT2D eigenvalue weighted by Crippen LogP contribution is -2.47. The van der Waals surface area contributed by atoms with Crippen molar-refractivity contribution in [1.82, 2.24) is 5.32 Å². The number of Topliss-reactive ketones (excluding diaryl/α,β-unsaturated/α-hetero) is 1. The SMILES string of the molecule is O=C(NC1CCCCC2CCC(C(=O)O)C2C1=O)c1cccc2ccccc12. The zero-order valence-corrected chi connectivity index (χ0v) is 15.8. The number of rotatable bonds is 3. The van der Waals surface area contributed by atoms with Crippen molar-refractivity contribution in [3.8, 4) is 0 Å². The number of hydrogen-bond donors (Lipinski definition) is 2. The first-order valence-electron chi connectivity index (χ1n) is 10.1. The Morgan fingerprint density at radius 3 is 2.50 bits per heavy atom. The Labute approximate surface area is 164 Å². The van der Waals surface area contributed by atoms with E-state index in [2.05, 4.69) is 5.32 Å². The number of carboxylic acid groups (broad SMARTS) is 1. The molecule has 0 saturated heterocycles. The van der Waals surface area contributed by atoms with E-state index < -0.39 is 23.8 Å². The first kappa shape index (κ1) is 18.7. The highest BCUT2D eigenvalue weighted by Crippen LogP contribution is 2.42. The van der Waals surface area contributed by atoms with Gasteiger partial charge in [-0.2, -0.15) is 0 Å². The maximum atomic E-state index is 13.2. The van der Waals surface area contributed by atoms with E-state index in [4.69, 9.17) is 0 Å². The highest BCUT2D eigenvalue weighted by Gasteiger charge is 2.47. The Morgan fingerprint density at radius 1 is 0.929 bits per heavy atom. The fourth-order valence-corrected chi connectivity index (χ4v) is 5.05. The maximum Gasteiger partial charge on any atom is 0.307 e. The van der Waals surface area contributed by atoms with Gasteiger partial charge in [-0.15, -0.1) is 0 Å². The van der Waals surface area contributed by atoms with Gasteiger partial charge in [0.2, 0.25) is 0 Å². The lowest BCUT2D eigenvalue weighted by Gasteiger charge is -2.29. The van der Waals surface area contributed by atoms with E-state index in [0.717, 1.165) is 36.5 Å². The molecule has 0 aliphatic heterocycles. The molecule has 0 heterocycles. The maximum absolute atomic E-state index is 13.2. The smallest absolute Gasteiger partial charge is 0.307 e. The first-order valence-corrected chi connectivity index (χ1v) is 10.1. The summed E-state index contributed by atoms with van der Waals surface area (Å²) in [6, 6.07) is 12.6. The van der Waals surface area contributed by atoms with E-state index >= 15 is 0 Å². The first-order chi connectivity index (χ1) is 13.6. The van der Waals surface area contributed by atoms with Gasteiger partial charge in [0.1, 0.15) is 0 Å². The summed E-state index contributed by atoms with van der Waals surface area (Å²) in [5.41, 5.74) is 0.547. The summed E-state index contributed by atoms with van der Waals surface area (Å²) in [7, 11) is 0. The lowest BCUT2D eigenvalue weighted by atomic mass is 9.77. The van der Waals surface area contributed by atoms with Gasteiger partial charge in [0.25, 0.3) is 5.91 Å². The van der Waals surface area contributed by atoms with E-state index in [1.807, 2.05) is 36.4 Å². The average Bonchev–Trinajstić information content (AvgIpc) is 3.11. The van der Waals surface area contributed by atoms with Crippen LogP contribution in [-0.4, -0.2) is 28.8 Å². The van der Waals surface area contributed by atoms with Crippen molar-refractivity contribution in [3.63, 3.8) is 0 Å². The predicted octanol–water partition coefficient (Wildman–Crippen LogP) is 3.81. The van der Waals surface area contributed by atoms with Crippen molar-refractivity contribution in [3.05, 3.63) is 48.0 Å². The predicted molar refractivity (Wildman–Crippen MR) is 106 cm³/mol. The Bertz CT molecular complexity index is 916. The van der Waals surface area contributed by atoms with Gasteiger partial charge in [-0.3, -0.25) is 14.4 Å². The Morgan fingerprint density at radius 2 is 1.68 bits per heavy atom. The summed E-state index contributed by atoms with van der Waals surface area (Å²) in [4.78, 5) is 37.9. The zero-order chi connectivity index (χ0) is 19.7.